The molecule has 1 amide bonds. The van der Waals surface area contributed by atoms with Gasteiger partial charge in [0.25, 0.3) is 0 Å². The maximum Gasteiger partial charge on any atom is 0.238 e. The van der Waals surface area contributed by atoms with E-state index >= 15 is 0 Å². The maximum absolute atomic E-state index is 12.4. The number of amides is 1. The van der Waals surface area contributed by atoms with E-state index in [1.165, 1.54) is 0 Å². The van der Waals surface area contributed by atoms with Crippen LogP contribution < -0.4 is 14.8 Å². The number of methoxy groups -OCH3 is 1. The van der Waals surface area contributed by atoms with E-state index in [1.807, 2.05) is 44.4 Å². The summed E-state index contributed by atoms with van der Waals surface area (Å²) >= 11 is 0. The number of carbonyl (C=O) groups is 1. The zero-order valence-corrected chi connectivity index (χ0v) is 16.3. The first kappa shape index (κ1) is 19.2. The second kappa shape index (κ2) is 8.90. The van der Waals surface area contributed by atoms with Gasteiger partial charge in [0.05, 0.1) is 31.6 Å². The molecule has 1 aliphatic rings. The van der Waals surface area contributed by atoms with E-state index < -0.39 is 0 Å². The van der Waals surface area contributed by atoms with Crippen molar-refractivity contribution < 1.29 is 14.3 Å². The number of carbonyl (C=O) groups excluding carboxylic acids is 1. The highest BCUT2D eigenvalue weighted by molar-refractivity contribution is 5.92. The number of aromatic nitrogens is 2. The Balaban J connectivity index is 1.47. The van der Waals surface area contributed by atoms with Crippen molar-refractivity contribution in [3.8, 4) is 11.5 Å². The number of hydrogen-bond acceptors (Lipinski definition) is 5. The number of aryl methyl sites for hydroxylation is 2. The van der Waals surface area contributed by atoms with E-state index in [9.17, 15) is 4.79 Å². The number of anilines is 1. The third-order valence-corrected chi connectivity index (χ3v) is 4.78. The molecule has 0 saturated carbocycles. The first-order chi connectivity index (χ1) is 13.0. The van der Waals surface area contributed by atoms with Crippen LogP contribution in [0.2, 0.25) is 0 Å². The molecule has 1 saturated heterocycles. The van der Waals surface area contributed by atoms with Gasteiger partial charge in [0.1, 0.15) is 11.5 Å². The van der Waals surface area contributed by atoms with Crippen LogP contribution in [0.25, 0.3) is 0 Å². The van der Waals surface area contributed by atoms with Crippen molar-refractivity contribution in [2.24, 2.45) is 13.0 Å². The first-order valence-corrected chi connectivity index (χ1v) is 9.33. The Morgan fingerprint density at radius 1 is 1.37 bits per heavy atom. The average molecular weight is 372 g/mol. The largest absolute Gasteiger partial charge is 0.497 e. The van der Waals surface area contributed by atoms with E-state index in [2.05, 4.69) is 15.3 Å². The Morgan fingerprint density at radius 3 is 2.93 bits per heavy atom. The monoisotopic (exact) mass is 372 g/mol. The average Bonchev–Trinajstić information content (AvgIpc) is 2.97. The molecule has 0 spiro atoms. The molecule has 1 N–H and O–H groups in total. The summed E-state index contributed by atoms with van der Waals surface area (Å²) in [5.41, 5.74) is 1.60. The normalized spacial score (nSPS) is 17.5. The summed E-state index contributed by atoms with van der Waals surface area (Å²) < 4.78 is 12.9. The molecule has 1 fully saturated rings. The Kier molecular flexibility index (Phi) is 6.34. The van der Waals surface area contributed by atoms with Gasteiger partial charge in [0.2, 0.25) is 5.91 Å². The minimum absolute atomic E-state index is 0.000430. The quantitative estimate of drug-likeness (QED) is 0.809. The second-order valence-corrected chi connectivity index (χ2v) is 7.08. The molecule has 1 aromatic carbocycles. The summed E-state index contributed by atoms with van der Waals surface area (Å²) in [4.78, 5) is 14.6. The molecule has 146 valence electrons. The lowest BCUT2D eigenvalue weighted by atomic mass is 9.99. The number of benzene rings is 1. The maximum atomic E-state index is 12.4. The number of nitrogens with zero attached hydrogens (tertiary/aromatic N) is 3. The highest BCUT2D eigenvalue weighted by Crippen LogP contribution is 2.22. The van der Waals surface area contributed by atoms with E-state index in [0.717, 1.165) is 48.8 Å². The van der Waals surface area contributed by atoms with E-state index in [-0.39, 0.29) is 5.91 Å². The molecule has 0 unspecified atom stereocenters. The molecule has 27 heavy (non-hydrogen) atoms. The molecule has 2 aromatic rings. The summed E-state index contributed by atoms with van der Waals surface area (Å²) in [5, 5.41) is 7.21. The smallest absolute Gasteiger partial charge is 0.238 e. The first-order valence-electron chi connectivity index (χ1n) is 9.33. The molecular formula is C20H28N4O3. The molecule has 0 bridgehead atoms. The van der Waals surface area contributed by atoms with Crippen LogP contribution in [0.5, 0.6) is 11.5 Å². The standard InChI is InChI=1S/C20H28N4O3/c1-15-19(12-23(2)22-15)21-20(25)13-24-9-5-6-16(11-24)14-27-18-8-4-7-17(10-18)26-3/h4,7-8,10,12,16H,5-6,9,11,13-14H2,1-3H3,(H,21,25)/t16-/m1/s1. The van der Waals surface area contributed by atoms with Gasteiger partial charge in [0, 0.05) is 31.8 Å². The van der Waals surface area contributed by atoms with Crippen LogP contribution in [0, 0.1) is 12.8 Å². The van der Waals surface area contributed by atoms with Crippen molar-refractivity contribution in [2.75, 3.05) is 38.7 Å². The minimum atomic E-state index is 0.000430. The molecule has 1 atom stereocenters. The summed E-state index contributed by atoms with van der Waals surface area (Å²) in [6, 6.07) is 7.65. The van der Waals surface area contributed by atoms with Crippen LogP contribution in [-0.4, -0.2) is 53.9 Å². The molecule has 7 heteroatoms. The molecule has 7 nitrogen and oxygen atoms in total. The van der Waals surface area contributed by atoms with Gasteiger partial charge >= 0.3 is 0 Å². The lowest BCUT2D eigenvalue weighted by Gasteiger charge is -2.32. The van der Waals surface area contributed by atoms with Gasteiger partial charge in [-0.25, -0.2) is 0 Å². The topological polar surface area (TPSA) is 68.6 Å². The van der Waals surface area contributed by atoms with Crippen molar-refractivity contribution in [3.63, 3.8) is 0 Å². The van der Waals surface area contributed by atoms with Crippen molar-refractivity contribution in [2.45, 2.75) is 19.8 Å². The highest BCUT2D eigenvalue weighted by atomic mass is 16.5. The van der Waals surface area contributed by atoms with Crippen molar-refractivity contribution in [1.82, 2.24) is 14.7 Å². The predicted molar refractivity (Wildman–Crippen MR) is 104 cm³/mol. The van der Waals surface area contributed by atoms with E-state index in [4.69, 9.17) is 9.47 Å². The summed E-state index contributed by atoms with van der Waals surface area (Å²) in [5.74, 6) is 2.02. The van der Waals surface area contributed by atoms with Gasteiger partial charge in [-0.15, -0.1) is 0 Å². The lowest BCUT2D eigenvalue weighted by Crippen LogP contribution is -2.42. The van der Waals surface area contributed by atoms with E-state index in [1.54, 1.807) is 11.8 Å². The minimum Gasteiger partial charge on any atom is -0.497 e. The summed E-state index contributed by atoms with van der Waals surface area (Å²) in [6.45, 7) is 4.73. The van der Waals surface area contributed by atoms with Gasteiger partial charge in [-0.2, -0.15) is 5.10 Å². The van der Waals surface area contributed by atoms with Crippen molar-refractivity contribution >= 4 is 11.6 Å². The molecule has 2 heterocycles. The van der Waals surface area contributed by atoms with Gasteiger partial charge in [-0.05, 0) is 38.4 Å². The molecule has 1 aliphatic heterocycles. The van der Waals surface area contributed by atoms with Gasteiger partial charge < -0.3 is 14.8 Å². The van der Waals surface area contributed by atoms with Crippen molar-refractivity contribution in [1.29, 1.82) is 0 Å². The Bertz CT molecular complexity index is 774. The number of rotatable bonds is 7. The van der Waals surface area contributed by atoms with Crippen LogP contribution in [0.3, 0.4) is 0 Å². The van der Waals surface area contributed by atoms with Crippen LogP contribution in [0.15, 0.2) is 30.5 Å². The van der Waals surface area contributed by atoms with Crippen LogP contribution in [-0.2, 0) is 11.8 Å². The Labute approximate surface area is 160 Å². The molecule has 1 aromatic heterocycles. The second-order valence-electron chi connectivity index (χ2n) is 7.08. The molecule has 0 radical (unpaired) electrons. The number of likely N-dealkylation sites (tertiary alicyclic amines) is 1. The number of hydrogen-bond donors (Lipinski definition) is 1. The summed E-state index contributed by atoms with van der Waals surface area (Å²) in [6.07, 6.45) is 4.02. The third kappa shape index (κ3) is 5.47. The molecule has 0 aliphatic carbocycles. The SMILES string of the molecule is COc1cccc(OC[C@@H]2CCCN(CC(=O)Nc3cn(C)nc3C)C2)c1. The highest BCUT2D eigenvalue weighted by Gasteiger charge is 2.22. The Morgan fingerprint density at radius 2 is 2.19 bits per heavy atom. The van der Waals surface area contributed by atoms with Crippen molar-refractivity contribution in [3.05, 3.63) is 36.2 Å². The lowest BCUT2D eigenvalue weighted by molar-refractivity contribution is -0.117. The van der Waals surface area contributed by atoms with Crippen LogP contribution >= 0.6 is 0 Å². The van der Waals surface area contributed by atoms with Crippen LogP contribution in [0.4, 0.5) is 5.69 Å². The number of piperidine rings is 1. The van der Waals surface area contributed by atoms with E-state index in [0.29, 0.717) is 19.1 Å². The molecular weight excluding hydrogens is 344 g/mol. The summed E-state index contributed by atoms with van der Waals surface area (Å²) in [7, 11) is 3.50. The zero-order valence-electron chi connectivity index (χ0n) is 16.3. The Hall–Kier alpha value is -2.54. The van der Waals surface area contributed by atoms with Gasteiger partial charge in [-0.1, -0.05) is 6.07 Å². The fourth-order valence-electron chi connectivity index (χ4n) is 3.45. The van der Waals surface area contributed by atoms with Gasteiger partial charge in [-0.3, -0.25) is 14.4 Å². The zero-order chi connectivity index (χ0) is 19.2. The molecule has 3 rings (SSSR count). The number of nitrogens with one attached hydrogen (secondary N) is 1. The van der Waals surface area contributed by atoms with Gasteiger partial charge in [0.15, 0.2) is 0 Å². The fourth-order valence-corrected chi connectivity index (χ4v) is 3.45. The fraction of sp³-hybridized carbons (Fsp3) is 0.500. The third-order valence-electron chi connectivity index (χ3n) is 4.78. The number of ether oxygens (including phenoxy) is 2. The predicted octanol–water partition coefficient (Wildman–Crippen LogP) is 2.47. The van der Waals surface area contributed by atoms with Crippen LogP contribution in [0.1, 0.15) is 18.5 Å².